The van der Waals surface area contributed by atoms with Gasteiger partial charge in [-0.2, -0.15) is 0 Å². The maximum absolute atomic E-state index is 14.1. The van der Waals surface area contributed by atoms with E-state index >= 15 is 0 Å². The number of hydrogen-bond acceptors (Lipinski definition) is 5. The normalized spacial score (nSPS) is 19.6. The van der Waals surface area contributed by atoms with Gasteiger partial charge in [0.25, 0.3) is 0 Å². The van der Waals surface area contributed by atoms with Crippen molar-refractivity contribution in [3.05, 3.63) is 35.9 Å². The second-order valence-corrected chi connectivity index (χ2v) is 7.70. The lowest BCUT2D eigenvalue weighted by atomic mass is 10.1. The fourth-order valence-corrected chi connectivity index (χ4v) is 4.56. The summed E-state index contributed by atoms with van der Waals surface area (Å²) < 4.78 is 16.2. The molecule has 28 heavy (non-hydrogen) atoms. The van der Waals surface area contributed by atoms with Crippen molar-refractivity contribution < 1.29 is 16.8 Å². The van der Waals surface area contributed by atoms with Crippen LogP contribution in [-0.4, -0.2) is 51.3 Å². The average molecular weight is 408 g/mol. The maximum atomic E-state index is 14.1. The van der Waals surface area contributed by atoms with Gasteiger partial charge in [0, 0.05) is 26.2 Å². The van der Waals surface area contributed by atoms with Crippen LogP contribution in [0.3, 0.4) is 0 Å². The Labute approximate surface area is 172 Å². The van der Waals surface area contributed by atoms with Crippen molar-refractivity contribution in [2.75, 3.05) is 31.1 Å². The SMILES string of the molecule is CCCC(c1nnnn1C1CCCC1)N1CCN(c2ccccc2F)CC1.[Cl-]. The van der Waals surface area contributed by atoms with Crippen LogP contribution >= 0.6 is 0 Å². The summed E-state index contributed by atoms with van der Waals surface area (Å²) in [4.78, 5) is 4.63. The molecule has 0 N–H and O–H groups in total. The molecule has 2 heterocycles. The van der Waals surface area contributed by atoms with Crippen molar-refractivity contribution in [1.29, 1.82) is 0 Å². The summed E-state index contributed by atoms with van der Waals surface area (Å²) in [5.41, 5.74) is 0.708. The van der Waals surface area contributed by atoms with Crippen LogP contribution in [-0.2, 0) is 0 Å². The van der Waals surface area contributed by atoms with E-state index in [-0.39, 0.29) is 24.3 Å². The molecule has 6 nitrogen and oxygen atoms in total. The zero-order valence-electron chi connectivity index (χ0n) is 16.5. The molecular weight excluding hydrogens is 379 g/mol. The zero-order chi connectivity index (χ0) is 18.6. The van der Waals surface area contributed by atoms with Crippen LogP contribution < -0.4 is 17.3 Å². The molecule has 2 aliphatic rings. The highest BCUT2D eigenvalue weighted by molar-refractivity contribution is 5.48. The lowest BCUT2D eigenvalue weighted by molar-refractivity contribution is -0.00000636. The van der Waals surface area contributed by atoms with E-state index in [0.29, 0.717) is 11.7 Å². The summed E-state index contributed by atoms with van der Waals surface area (Å²) in [5, 5.41) is 12.8. The first-order valence-electron chi connectivity index (χ1n) is 10.3. The van der Waals surface area contributed by atoms with Crippen molar-refractivity contribution in [1.82, 2.24) is 25.1 Å². The summed E-state index contributed by atoms with van der Waals surface area (Å²) in [6, 6.07) is 7.75. The molecule has 1 unspecified atom stereocenters. The van der Waals surface area contributed by atoms with E-state index in [1.165, 1.54) is 31.7 Å². The number of halogens is 2. The molecule has 4 rings (SSSR count). The number of rotatable bonds is 6. The third kappa shape index (κ3) is 4.30. The van der Waals surface area contributed by atoms with E-state index in [1.807, 2.05) is 12.1 Å². The molecular formula is C20H29ClFN6-. The van der Waals surface area contributed by atoms with Crippen LogP contribution in [0.2, 0.25) is 0 Å². The van der Waals surface area contributed by atoms with Crippen LogP contribution in [0.4, 0.5) is 10.1 Å². The molecule has 154 valence electrons. The van der Waals surface area contributed by atoms with Crippen molar-refractivity contribution >= 4 is 5.69 Å². The minimum absolute atomic E-state index is 0. The largest absolute Gasteiger partial charge is 1.00 e. The topological polar surface area (TPSA) is 50.1 Å². The summed E-state index contributed by atoms with van der Waals surface area (Å²) in [5.74, 6) is 0.879. The fraction of sp³-hybridized carbons (Fsp3) is 0.650. The van der Waals surface area contributed by atoms with Gasteiger partial charge in [-0.1, -0.05) is 38.3 Å². The molecule has 1 aromatic carbocycles. The van der Waals surface area contributed by atoms with Gasteiger partial charge >= 0.3 is 0 Å². The molecule has 2 fully saturated rings. The highest BCUT2D eigenvalue weighted by Gasteiger charge is 2.31. The molecule has 0 amide bonds. The number of nitrogens with zero attached hydrogens (tertiary/aromatic N) is 6. The number of tetrazole rings is 1. The van der Waals surface area contributed by atoms with Crippen molar-refractivity contribution in [3.8, 4) is 0 Å². The number of piperazine rings is 1. The van der Waals surface area contributed by atoms with E-state index < -0.39 is 0 Å². The quantitative estimate of drug-likeness (QED) is 0.701. The second-order valence-electron chi connectivity index (χ2n) is 7.70. The van der Waals surface area contributed by atoms with Gasteiger partial charge in [-0.15, -0.1) is 5.10 Å². The highest BCUT2D eigenvalue weighted by Crippen LogP contribution is 2.33. The van der Waals surface area contributed by atoms with Crippen molar-refractivity contribution in [3.63, 3.8) is 0 Å². The number of para-hydroxylation sites is 1. The molecule has 1 atom stereocenters. The Kier molecular flexibility index (Phi) is 7.24. The summed E-state index contributed by atoms with van der Waals surface area (Å²) >= 11 is 0. The maximum Gasteiger partial charge on any atom is 0.168 e. The van der Waals surface area contributed by atoms with Crippen LogP contribution in [0.5, 0.6) is 0 Å². The molecule has 0 spiro atoms. The summed E-state index contributed by atoms with van der Waals surface area (Å²) in [7, 11) is 0. The lowest BCUT2D eigenvalue weighted by Crippen LogP contribution is -3.00. The number of benzene rings is 1. The standard InChI is InChI=1S/C20H29FN6.ClH/c1-2-7-19(20-22-23-24-27(20)16-8-3-4-9-16)26-14-12-25(13-15-26)18-11-6-5-10-17(18)21;/h5-6,10-11,16,19H,2-4,7-9,12-15H2,1H3;1H/p-1. The lowest BCUT2D eigenvalue weighted by Gasteiger charge is -2.40. The molecule has 2 aromatic rings. The third-order valence-electron chi connectivity index (χ3n) is 6.00. The molecule has 0 radical (unpaired) electrons. The van der Waals surface area contributed by atoms with Gasteiger partial charge in [0.15, 0.2) is 5.82 Å². The van der Waals surface area contributed by atoms with Crippen molar-refractivity contribution in [2.24, 2.45) is 0 Å². The van der Waals surface area contributed by atoms with Gasteiger partial charge in [-0.25, -0.2) is 9.07 Å². The number of anilines is 1. The first-order chi connectivity index (χ1) is 13.3. The van der Waals surface area contributed by atoms with Crippen LogP contribution in [0, 0.1) is 5.82 Å². The Morgan fingerprint density at radius 3 is 2.50 bits per heavy atom. The van der Waals surface area contributed by atoms with Crippen LogP contribution in [0.1, 0.15) is 63.4 Å². The number of aromatic nitrogens is 4. The first-order valence-corrected chi connectivity index (χ1v) is 10.3. The molecule has 1 saturated carbocycles. The smallest absolute Gasteiger partial charge is 0.168 e. The third-order valence-corrected chi connectivity index (χ3v) is 6.00. The molecule has 1 saturated heterocycles. The minimum Gasteiger partial charge on any atom is -1.00 e. The Morgan fingerprint density at radius 2 is 1.82 bits per heavy atom. The summed E-state index contributed by atoms with van der Waals surface area (Å²) in [6.07, 6.45) is 7.03. The number of hydrogen-bond donors (Lipinski definition) is 0. The van der Waals surface area contributed by atoms with Gasteiger partial charge in [0.05, 0.1) is 17.8 Å². The molecule has 1 aliphatic heterocycles. The van der Waals surface area contributed by atoms with Crippen LogP contribution in [0.15, 0.2) is 24.3 Å². The Balaban J connectivity index is 0.00000225. The fourth-order valence-electron chi connectivity index (χ4n) is 4.56. The molecule has 1 aliphatic carbocycles. The first kappa shape index (κ1) is 21.0. The van der Waals surface area contributed by atoms with E-state index in [1.54, 1.807) is 6.07 Å². The Hall–Kier alpha value is -1.73. The van der Waals surface area contributed by atoms with E-state index in [0.717, 1.165) is 44.8 Å². The Morgan fingerprint density at radius 1 is 1.11 bits per heavy atom. The van der Waals surface area contributed by atoms with Gasteiger partial charge < -0.3 is 17.3 Å². The monoisotopic (exact) mass is 407 g/mol. The molecule has 8 heteroatoms. The predicted molar refractivity (Wildman–Crippen MR) is 103 cm³/mol. The van der Waals surface area contributed by atoms with E-state index in [4.69, 9.17) is 0 Å². The minimum atomic E-state index is -0.138. The Bertz CT molecular complexity index is 740. The molecule has 0 bridgehead atoms. The van der Waals surface area contributed by atoms with Gasteiger partial charge in [-0.3, -0.25) is 4.90 Å². The van der Waals surface area contributed by atoms with Gasteiger partial charge in [0.2, 0.25) is 0 Å². The molecule has 1 aromatic heterocycles. The van der Waals surface area contributed by atoms with Crippen LogP contribution in [0.25, 0.3) is 0 Å². The second kappa shape index (κ2) is 9.65. The predicted octanol–water partition coefficient (Wildman–Crippen LogP) is 0.595. The average Bonchev–Trinajstić information content (AvgIpc) is 3.38. The zero-order valence-corrected chi connectivity index (χ0v) is 17.2. The van der Waals surface area contributed by atoms with Crippen molar-refractivity contribution in [2.45, 2.75) is 57.5 Å². The highest BCUT2D eigenvalue weighted by atomic mass is 35.5. The van der Waals surface area contributed by atoms with Gasteiger partial charge in [-0.05, 0) is 41.8 Å². The van der Waals surface area contributed by atoms with Gasteiger partial charge in [0.1, 0.15) is 5.82 Å². The summed E-state index contributed by atoms with van der Waals surface area (Å²) in [6.45, 7) is 5.66. The van der Waals surface area contributed by atoms with E-state index in [2.05, 4.69) is 36.9 Å². The van der Waals surface area contributed by atoms with E-state index in [9.17, 15) is 4.39 Å².